The number of rotatable bonds is 6. The third-order valence-corrected chi connectivity index (χ3v) is 5.18. The topological polar surface area (TPSA) is 72.7 Å². The maximum atomic E-state index is 12.4. The van der Waals surface area contributed by atoms with Gasteiger partial charge in [0.05, 0.1) is 10.9 Å². The Balaban J connectivity index is 1.64. The average Bonchev–Trinajstić information content (AvgIpc) is 3.09. The number of carbonyl (C=O) groups is 1. The van der Waals surface area contributed by atoms with Gasteiger partial charge in [-0.3, -0.25) is 4.79 Å². The highest BCUT2D eigenvalue weighted by molar-refractivity contribution is 8.00. The Kier molecular flexibility index (Phi) is 5.90. The molecule has 0 aliphatic heterocycles. The standard InChI is InChI=1S/C18H18ClN5OS/c1-12-7-9-15(10-8-12)24-18(21-22-23-24)26-13(2)17(25)20-11-14-5-3-4-6-16(14)19/h3-10,13H,11H2,1-2H3,(H,20,25)/t13-/m1/s1. The largest absolute Gasteiger partial charge is 0.351 e. The van der Waals surface area contributed by atoms with E-state index >= 15 is 0 Å². The number of amides is 1. The molecule has 0 unspecified atom stereocenters. The molecule has 1 N–H and O–H groups in total. The van der Waals surface area contributed by atoms with Crippen LogP contribution in [0.3, 0.4) is 0 Å². The third kappa shape index (κ3) is 4.42. The Labute approximate surface area is 160 Å². The summed E-state index contributed by atoms with van der Waals surface area (Å²) < 4.78 is 1.63. The van der Waals surface area contributed by atoms with Crippen molar-refractivity contribution in [3.05, 3.63) is 64.7 Å². The molecule has 8 heteroatoms. The van der Waals surface area contributed by atoms with Crippen molar-refractivity contribution >= 4 is 29.3 Å². The predicted molar refractivity (Wildman–Crippen MR) is 103 cm³/mol. The number of thioether (sulfide) groups is 1. The van der Waals surface area contributed by atoms with Crippen LogP contribution < -0.4 is 5.32 Å². The van der Waals surface area contributed by atoms with Gasteiger partial charge in [-0.05, 0) is 48.0 Å². The zero-order valence-corrected chi connectivity index (χ0v) is 16.0. The molecule has 2 aromatic carbocycles. The monoisotopic (exact) mass is 387 g/mol. The van der Waals surface area contributed by atoms with Gasteiger partial charge in [0.1, 0.15) is 0 Å². The summed E-state index contributed by atoms with van der Waals surface area (Å²) in [5.41, 5.74) is 2.89. The summed E-state index contributed by atoms with van der Waals surface area (Å²) in [6, 6.07) is 15.3. The Morgan fingerprint density at radius 2 is 1.96 bits per heavy atom. The van der Waals surface area contributed by atoms with Gasteiger partial charge < -0.3 is 5.32 Å². The molecule has 0 saturated carbocycles. The van der Waals surface area contributed by atoms with Crippen molar-refractivity contribution in [2.45, 2.75) is 30.8 Å². The summed E-state index contributed by atoms with van der Waals surface area (Å²) in [7, 11) is 0. The van der Waals surface area contributed by atoms with E-state index in [1.165, 1.54) is 11.8 Å². The van der Waals surface area contributed by atoms with E-state index < -0.39 is 0 Å². The Hall–Kier alpha value is -2.38. The molecule has 0 saturated heterocycles. The van der Waals surface area contributed by atoms with Crippen molar-refractivity contribution < 1.29 is 4.79 Å². The number of carbonyl (C=O) groups excluding carboxylic acids is 1. The van der Waals surface area contributed by atoms with Gasteiger partial charge in [0, 0.05) is 11.6 Å². The number of hydrogen-bond acceptors (Lipinski definition) is 5. The molecule has 1 atom stereocenters. The van der Waals surface area contributed by atoms with Crippen LogP contribution in [0.2, 0.25) is 5.02 Å². The second kappa shape index (κ2) is 8.33. The average molecular weight is 388 g/mol. The van der Waals surface area contributed by atoms with Gasteiger partial charge in [0.15, 0.2) is 0 Å². The van der Waals surface area contributed by atoms with Crippen molar-refractivity contribution in [2.75, 3.05) is 0 Å². The highest BCUT2D eigenvalue weighted by Gasteiger charge is 2.19. The third-order valence-electron chi connectivity index (χ3n) is 3.78. The number of halogens is 1. The first-order valence-electron chi connectivity index (χ1n) is 8.08. The van der Waals surface area contributed by atoms with Crippen molar-refractivity contribution in [1.29, 1.82) is 0 Å². The Bertz CT molecular complexity index is 897. The molecule has 0 fully saturated rings. The quantitative estimate of drug-likeness (QED) is 0.656. The van der Waals surface area contributed by atoms with Gasteiger partial charge in [-0.1, -0.05) is 59.3 Å². The van der Waals surface area contributed by atoms with Crippen LogP contribution in [0, 0.1) is 6.92 Å². The molecular weight excluding hydrogens is 370 g/mol. The second-order valence-electron chi connectivity index (χ2n) is 5.78. The van der Waals surface area contributed by atoms with Crippen LogP contribution in [-0.2, 0) is 11.3 Å². The molecule has 0 aliphatic carbocycles. The summed E-state index contributed by atoms with van der Waals surface area (Å²) in [6.45, 7) is 4.22. The second-order valence-corrected chi connectivity index (χ2v) is 7.49. The number of benzene rings is 2. The molecule has 0 bridgehead atoms. The van der Waals surface area contributed by atoms with E-state index in [-0.39, 0.29) is 11.2 Å². The van der Waals surface area contributed by atoms with Crippen LogP contribution in [0.4, 0.5) is 0 Å². The fraction of sp³-hybridized carbons (Fsp3) is 0.222. The van der Waals surface area contributed by atoms with E-state index in [2.05, 4.69) is 20.8 Å². The van der Waals surface area contributed by atoms with E-state index in [4.69, 9.17) is 11.6 Å². The molecule has 0 radical (unpaired) electrons. The van der Waals surface area contributed by atoms with E-state index in [1.807, 2.05) is 56.3 Å². The minimum Gasteiger partial charge on any atom is -0.351 e. The molecule has 0 aliphatic rings. The van der Waals surface area contributed by atoms with Crippen LogP contribution >= 0.6 is 23.4 Å². The van der Waals surface area contributed by atoms with Crippen LogP contribution in [0.15, 0.2) is 53.7 Å². The fourth-order valence-corrected chi connectivity index (χ4v) is 3.31. The number of nitrogens with zero attached hydrogens (tertiary/aromatic N) is 4. The Morgan fingerprint density at radius 3 is 2.69 bits per heavy atom. The van der Waals surface area contributed by atoms with E-state index in [9.17, 15) is 4.79 Å². The van der Waals surface area contributed by atoms with E-state index in [1.54, 1.807) is 10.7 Å². The zero-order valence-electron chi connectivity index (χ0n) is 14.4. The molecule has 134 valence electrons. The number of aryl methyl sites for hydroxylation is 1. The van der Waals surface area contributed by atoms with Crippen LogP contribution in [0.5, 0.6) is 0 Å². The molecule has 1 amide bonds. The summed E-state index contributed by atoms with van der Waals surface area (Å²) >= 11 is 7.42. The van der Waals surface area contributed by atoms with Gasteiger partial charge in [0.2, 0.25) is 11.1 Å². The normalized spacial score (nSPS) is 12.0. The molecule has 26 heavy (non-hydrogen) atoms. The fourth-order valence-electron chi connectivity index (χ4n) is 2.28. The van der Waals surface area contributed by atoms with Gasteiger partial charge in [-0.2, -0.15) is 4.68 Å². The maximum absolute atomic E-state index is 12.4. The summed E-state index contributed by atoms with van der Waals surface area (Å²) in [6.07, 6.45) is 0. The van der Waals surface area contributed by atoms with Crippen molar-refractivity contribution in [1.82, 2.24) is 25.5 Å². The van der Waals surface area contributed by atoms with Gasteiger partial charge >= 0.3 is 0 Å². The number of nitrogens with one attached hydrogen (secondary N) is 1. The molecule has 0 spiro atoms. The zero-order chi connectivity index (χ0) is 18.5. The molecule has 1 aromatic heterocycles. The number of hydrogen-bond donors (Lipinski definition) is 1. The summed E-state index contributed by atoms with van der Waals surface area (Å²) in [5.74, 6) is -0.103. The highest BCUT2D eigenvalue weighted by Crippen LogP contribution is 2.23. The van der Waals surface area contributed by atoms with Gasteiger partial charge in [-0.25, -0.2) is 0 Å². The van der Waals surface area contributed by atoms with Crippen LogP contribution in [0.1, 0.15) is 18.1 Å². The molecule has 3 aromatic rings. The van der Waals surface area contributed by atoms with Gasteiger partial charge in [-0.15, -0.1) is 5.10 Å². The lowest BCUT2D eigenvalue weighted by atomic mass is 10.2. The minimum absolute atomic E-state index is 0.103. The van der Waals surface area contributed by atoms with Crippen LogP contribution in [0.25, 0.3) is 5.69 Å². The summed E-state index contributed by atoms with van der Waals surface area (Å²) in [4.78, 5) is 12.4. The first kappa shape index (κ1) is 18.4. The van der Waals surface area contributed by atoms with Crippen molar-refractivity contribution in [3.8, 4) is 5.69 Å². The van der Waals surface area contributed by atoms with Crippen molar-refractivity contribution in [3.63, 3.8) is 0 Å². The first-order valence-corrected chi connectivity index (χ1v) is 9.33. The SMILES string of the molecule is Cc1ccc(-n2nnnc2S[C@H](C)C(=O)NCc2ccccc2Cl)cc1. The first-order chi connectivity index (χ1) is 12.5. The maximum Gasteiger partial charge on any atom is 0.233 e. The minimum atomic E-state index is -0.354. The number of tetrazole rings is 1. The van der Waals surface area contributed by atoms with Crippen LogP contribution in [-0.4, -0.2) is 31.4 Å². The van der Waals surface area contributed by atoms with E-state index in [0.717, 1.165) is 16.8 Å². The molecule has 3 rings (SSSR count). The molecule has 6 nitrogen and oxygen atoms in total. The lowest BCUT2D eigenvalue weighted by Gasteiger charge is -2.12. The number of aromatic nitrogens is 4. The Morgan fingerprint density at radius 1 is 1.23 bits per heavy atom. The smallest absolute Gasteiger partial charge is 0.233 e. The molecular formula is C18H18ClN5OS. The lowest BCUT2D eigenvalue weighted by molar-refractivity contribution is -0.120. The lowest BCUT2D eigenvalue weighted by Crippen LogP contribution is -2.30. The highest BCUT2D eigenvalue weighted by atomic mass is 35.5. The van der Waals surface area contributed by atoms with Crippen molar-refractivity contribution in [2.24, 2.45) is 0 Å². The van der Waals surface area contributed by atoms with Gasteiger partial charge in [0.25, 0.3) is 0 Å². The predicted octanol–water partition coefficient (Wildman–Crippen LogP) is 3.42. The van der Waals surface area contributed by atoms with E-state index in [0.29, 0.717) is 16.7 Å². The molecule has 1 heterocycles. The summed E-state index contributed by atoms with van der Waals surface area (Å²) in [5, 5.41) is 15.5.